The fourth-order valence-corrected chi connectivity index (χ4v) is 2.26. The molecule has 0 saturated carbocycles. The number of carbonyl (C=O) groups excluding carboxylic acids is 1. The summed E-state index contributed by atoms with van der Waals surface area (Å²) in [5.74, 6) is -0.179. The number of aromatic nitrogens is 1. The van der Waals surface area contributed by atoms with Gasteiger partial charge in [0.1, 0.15) is 0 Å². The predicted octanol–water partition coefficient (Wildman–Crippen LogP) is 1.33. The quantitative estimate of drug-likeness (QED) is 0.845. The van der Waals surface area contributed by atoms with Gasteiger partial charge in [0.05, 0.1) is 21.8 Å². The lowest BCUT2D eigenvalue weighted by atomic mass is 10.2. The molecule has 1 aromatic carbocycles. The smallest absolute Gasteiger partial charge is 0.251 e. The number of aliphatic hydroxyl groups is 1. The molecule has 2 aromatic rings. The minimum atomic E-state index is -0.179. The molecule has 1 amide bonds. The van der Waals surface area contributed by atoms with Crippen molar-refractivity contribution in [3.63, 3.8) is 0 Å². The van der Waals surface area contributed by atoms with Crippen molar-refractivity contribution >= 4 is 27.5 Å². The van der Waals surface area contributed by atoms with E-state index in [1.807, 2.05) is 13.0 Å². The van der Waals surface area contributed by atoms with E-state index in [1.54, 1.807) is 23.5 Å². The van der Waals surface area contributed by atoms with Crippen LogP contribution in [-0.2, 0) is 0 Å². The van der Waals surface area contributed by atoms with Crippen molar-refractivity contribution in [3.05, 3.63) is 28.8 Å². The number of hydrogen-bond donors (Lipinski definition) is 2. The zero-order chi connectivity index (χ0) is 11.5. The van der Waals surface area contributed by atoms with E-state index in [9.17, 15) is 4.79 Å². The molecule has 16 heavy (non-hydrogen) atoms. The molecule has 0 atom stereocenters. The van der Waals surface area contributed by atoms with E-state index >= 15 is 0 Å². The normalized spacial score (nSPS) is 10.6. The van der Waals surface area contributed by atoms with E-state index in [4.69, 9.17) is 5.11 Å². The van der Waals surface area contributed by atoms with E-state index in [2.05, 4.69) is 10.3 Å². The van der Waals surface area contributed by atoms with Crippen LogP contribution in [0.2, 0.25) is 0 Å². The highest BCUT2D eigenvalue weighted by Gasteiger charge is 2.07. The Morgan fingerprint density at radius 3 is 3.12 bits per heavy atom. The maximum absolute atomic E-state index is 11.6. The fraction of sp³-hybridized carbons (Fsp3) is 0.273. The van der Waals surface area contributed by atoms with Gasteiger partial charge in [-0.25, -0.2) is 4.98 Å². The van der Waals surface area contributed by atoms with Crippen LogP contribution in [0.5, 0.6) is 0 Å². The van der Waals surface area contributed by atoms with E-state index in [1.165, 1.54) is 0 Å². The van der Waals surface area contributed by atoms with Gasteiger partial charge in [-0.3, -0.25) is 4.79 Å². The molecule has 0 aliphatic carbocycles. The van der Waals surface area contributed by atoms with Crippen molar-refractivity contribution in [2.24, 2.45) is 0 Å². The highest BCUT2D eigenvalue weighted by atomic mass is 32.1. The number of thiazole rings is 1. The van der Waals surface area contributed by atoms with Crippen molar-refractivity contribution in [1.29, 1.82) is 0 Å². The van der Waals surface area contributed by atoms with Crippen molar-refractivity contribution < 1.29 is 9.90 Å². The SMILES string of the molecule is Cc1nc2cc(C(=O)NCCO)ccc2s1. The van der Waals surface area contributed by atoms with Crippen molar-refractivity contribution in [3.8, 4) is 0 Å². The number of rotatable bonds is 3. The van der Waals surface area contributed by atoms with Gasteiger partial charge in [0.25, 0.3) is 5.91 Å². The average Bonchev–Trinajstić information content (AvgIpc) is 2.64. The maximum atomic E-state index is 11.6. The molecule has 2 N–H and O–H groups in total. The molecular weight excluding hydrogens is 224 g/mol. The van der Waals surface area contributed by atoms with Gasteiger partial charge >= 0.3 is 0 Å². The second kappa shape index (κ2) is 4.59. The monoisotopic (exact) mass is 236 g/mol. The molecule has 0 bridgehead atoms. The lowest BCUT2D eigenvalue weighted by Gasteiger charge is -2.02. The third-order valence-corrected chi connectivity index (χ3v) is 3.11. The average molecular weight is 236 g/mol. The van der Waals surface area contributed by atoms with Crippen LogP contribution in [0.3, 0.4) is 0 Å². The standard InChI is InChI=1S/C11H12N2O2S/c1-7-13-9-6-8(2-3-10(9)16-7)11(15)12-4-5-14/h2-3,6,14H,4-5H2,1H3,(H,12,15). The summed E-state index contributed by atoms with van der Waals surface area (Å²) in [6.45, 7) is 2.16. The van der Waals surface area contributed by atoms with Crippen LogP contribution in [0, 0.1) is 6.92 Å². The summed E-state index contributed by atoms with van der Waals surface area (Å²) in [5, 5.41) is 12.2. The zero-order valence-electron chi connectivity index (χ0n) is 8.86. The molecule has 0 fully saturated rings. The van der Waals surface area contributed by atoms with Crippen LogP contribution in [0.25, 0.3) is 10.2 Å². The Morgan fingerprint density at radius 2 is 2.38 bits per heavy atom. The van der Waals surface area contributed by atoms with Crippen molar-refractivity contribution in [1.82, 2.24) is 10.3 Å². The van der Waals surface area contributed by atoms with Crippen molar-refractivity contribution in [2.75, 3.05) is 13.2 Å². The van der Waals surface area contributed by atoms with E-state index in [0.717, 1.165) is 15.2 Å². The lowest BCUT2D eigenvalue weighted by Crippen LogP contribution is -2.26. The Kier molecular flexibility index (Phi) is 3.17. The van der Waals surface area contributed by atoms with Crippen molar-refractivity contribution in [2.45, 2.75) is 6.92 Å². The first-order valence-corrected chi connectivity index (χ1v) is 5.78. The van der Waals surface area contributed by atoms with Crippen LogP contribution in [0.1, 0.15) is 15.4 Å². The second-order valence-corrected chi connectivity index (χ2v) is 4.63. The fourth-order valence-electron chi connectivity index (χ4n) is 1.46. The van der Waals surface area contributed by atoms with Gasteiger partial charge in [-0.1, -0.05) is 0 Å². The number of nitrogens with one attached hydrogen (secondary N) is 1. The van der Waals surface area contributed by atoms with Gasteiger partial charge in [0.15, 0.2) is 0 Å². The van der Waals surface area contributed by atoms with Crippen LogP contribution in [-0.4, -0.2) is 29.1 Å². The maximum Gasteiger partial charge on any atom is 0.251 e. The third kappa shape index (κ3) is 2.20. The first-order valence-electron chi connectivity index (χ1n) is 4.97. The Labute approximate surface area is 96.9 Å². The molecule has 0 aliphatic heterocycles. The predicted molar refractivity (Wildman–Crippen MR) is 63.8 cm³/mol. The molecular formula is C11H12N2O2S. The number of aryl methyl sites for hydroxylation is 1. The topological polar surface area (TPSA) is 62.2 Å². The Morgan fingerprint density at radius 1 is 1.56 bits per heavy atom. The van der Waals surface area contributed by atoms with Gasteiger partial charge in [0.2, 0.25) is 0 Å². The summed E-state index contributed by atoms with van der Waals surface area (Å²) in [6, 6.07) is 5.44. The Hall–Kier alpha value is -1.46. The molecule has 5 heteroatoms. The van der Waals surface area contributed by atoms with Gasteiger partial charge in [-0.05, 0) is 25.1 Å². The number of hydrogen-bond acceptors (Lipinski definition) is 4. The van der Waals surface area contributed by atoms with E-state index in [0.29, 0.717) is 5.56 Å². The number of fused-ring (bicyclic) bond motifs is 1. The summed E-state index contributed by atoms with van der Waals surface area (Å²) in [5.41, 5.74) is 1.42. The highest BCUT2D eigenvalue weighted by Crippen LogP contribution is 2.22. The number of carbonyl (C=O) groups is 1. The van der Waals surface area contributed by atoms with Crippen LogP contribution in [0.4, 0.5) is 0 Å². The Balaban J connectivity index is 2.28. The summed E-state index contributed by atoms with van der Waals surface area (Å²) in [7, 11) is 0. The number of aliphatic hydroxyl groups excluding tert-OH is 1. The van der Waals surface area contributed by atoms with Gasteiger partial charge < -0.3 is 10.4 Å². The molecule has 0 radical (unpaired) electrons. The summed E-state index contributed by atoms with van der Waals surface area (Å²) in [4.78, 5) is 15.9. The Bertz CT molecular complexity index is 522. The third-order valence-electron chi connectivity index (χ3n) is 2.15. The molecule has 2 rings (SSSR count). The number of benzene rings is 1. The van der Waals surface area contributed by atoms with E-state index in [-0.39, 0.29) is 19.1 Å². The largest absolute Gasteiger partial charge is 0.395 e. The molecule has 84 valence electrons. The first kappa shape index (κ1) is 11.0. The summed E-state index contributed by atoms with van der Waals surface area (Å²) in [6.07, 6.45) is 0. The second-order valence-electron chi connectivity index (χ2n) is 3.39. The van der Waals surface area contributed by atoms with Crippen LogP contribution < -0.4 is 5.32 Å². The zero-order valence-corrected chi connectivity index (χ0v) is 9.67. The minimum absolute atomic E-state index is 0.0518. The molecule has 0 spiro atoms. The minimum Gasteiger partial charge on any atom is -0.395 e. The molecule has 0 aliphatic rings. The van der Waals surface area contributed by atoms with Crippen LogP contribution >= 0.6 is 11.3 Å². The number of nitrogens with zero attached hydrogens (tertiary/aromatic N) is 1. The molecule has 4 nitrogen and oxygen atoms in total. The van der Waals surface area contributed by atoms with Crippen LogP contribution in [0.15, 0.2) is 18.2 Å². The summed E-state index contributed by atoms with van der Waals surface area (Å²) < 4.78 is 1.08. The van der Waals surface area contributed by atoms with E-state index < -0.39 is 0 Å². The molecule has 0 unspecified atom stereocenters. The first-order chi connectivity index (χ1) is 7.70. The van der Waals surface area contributed by atoms with Gasteiger partial charge in [-0.15, -0.1) is 11.3 Å². The van der Waals surface area contributed by atoms with Gasteiger partial charge in [-0.2, -0.15) is 0 Å². The lowest BCUT2D eigenvalue weighted by molar-refractivity contribution is 0.0945. The molecule has 1 aromatic heterocycles. The molecule has 0 saturated heterocycles. The summed E-state index contributed by atoms with van der Waals surface area (Å²) >= 11 is 1.61. The molecule has 1 heterocycles. The number of amides is 1. The highest BCUT2D eigenvalue weighted by molar-refractivity contribution is 7.18. The van der Waals surface area contributed by atoms with Gasteiger partial charge in [0, 0.05) is 12.1 Å².